The summed E-state index contributed by atoms with van der Waals surface area (Å²) in [6, 6.07) is 1.74. The first kappa shape index (κ1) is 31.3. The Labute approximate surface area is 200 Å². The fourth-order valence-corrected chi connectivity index (χ4v) is 7.53. The van der Waals surface area contributed by atoms with Crippen LogP contribution in [0, 0.1) is 6.92 Å². The Morgan fingerprint density at radius 1 is 1.06 bits per heavy atom. The summed E-state index contributed by atoms with van der Waals surface area (Å²) in [6.45, 7) is 7.06. The fourth-order valence-electron chi connectivity index (χ4n) is 1.92. The molecular weight excluding hydrogens is 498 g/mol. The lowest BCUT2D eigenvalue weighted by molar-refractivity contribution is 0.215. The van der Waals surface area contributed by atoms with Crippen molar-refractivity contribution in [1.82, 2.24) is 9.97 Å². The highest BCUT2D eigenvalue weighted by Gasteiger charge is 2.23. The lowest BCUT2D eigenvalue weighted by atomic mass is 10.2. The van der Waals surface area contributed by atoms with Gasteiger partial charge in [0, 0.05) is 55.2 Å². The van der Waals surface area contributed by atoms with Crippen molar-refractivity contribution in [3.63, 3.8) is 0 Å². The predicted molar refractivity (Wildman–Crippen MR) is 136 cm³/mol. The van der Waals surface area contributed by atoms with Crippen LogP contribution in [0.5, 0.6) is 5.88 Å². The molecule has 1 rings (SSSR count). The molecule has 0 saturated carbocycles. The Morgan fingerprint density at radius 3 is 2.10 bits per heavy atom. The molecule has 0 spiro atoms. The van der Waals surface area contributed by atoms with Crippen LogP contribution in [0.25, 0.3) is 0 Å². The van der Waals surface area contributed by atoms with Crippen molar-refractivity contribution in [2.24, 2.45) is 0 Å². The quantitative estimate of drug-likeness (QED) is 0.195. The van der Waals surface area contributed by atoms with Crippen LogP contribution in [-0.2, 0) is 34.5 Å². The third kappa shape index (κ3) is 13.6. The molecule has 0 N–H and O–H groups in total. The van der Waals surface area contributed by atoms with Crippen LogP contribution in [0.15, 0.2) is 6.07 Å². The Hall–Kier alpha value is 0.300. The maximum atomic E-state index is 11.4. The Bertz CT molecular complexity index is 710. The maximum Gasteiger partial charge on any atom is 0.388 e. The highest BCUT2D eigenvalue weighted by Crippen LogP contribution is 2.59. The molecule has 1 aromatic heterocycles. The number of aryl methyl sites for hydroxylation is 1. The molecule has 0 aliphatic heterocycles. The fraction of sp³-hybridized carbons (Fsp3) is 0.778. The lowest BCUT2D eigenvalue weighted by Gasteiger charge is -2.20. The van der Waals surface area contributed by atoms with Crippen LogP contribution in [0.3, 0.4) is 0 Å². The number of thioether (sulfide) groups is 1. The summed E-state index contributed by atoms with van der Waals surface area (Å²) in [5.74, 6) is 4.24. The average Bonchev–Trinajstić information content (AvgIpc) is 2.71. The largest absolute Gasteiger partial charge is 0.406 e. The van der Waals surface area contributed by atoms with Crippen LogP contribution in [0.4, 0.5) is 0 Å². The van der Waals surface area contributed by atoms with E-state index in [1.165, 1.54) is 25.6 Å². The summed E-state index contributed by atoms with van der Waals surface area (Å²) in [4.78, 5) is 8.71. The van der Waals surface area contributed by atoms with E-state index in [0.29, 0.717) is 19.1 Å². The average molecular weight is 535 g/mol. The van der Waals surface area contributed by atoms with Gasteiger partial charge in [-0.2, -0.15) is 16.7 Å². The molecule has 8 nitrogen and oxygen atoms in total. The topological polar surface area (TPSA) is 89.0 Å². The second-order valence-electron chi connectivity index (χ2n) is 6.08. The van der Waals surface area contributed by atoms with E-state index in [1.54, 1.807) is 6.07 Å². The van der Waals surface area contributed by atoms with Crippen molar-refractivity contribution in [2.45, 2.75) is 47.5 Å². The number of rotatable bonds is 14. The molecule has 0 bridgehead atoms. The first-order chi connectivity index (χ1) is 14.6. The summed E-state index contributed by atoms with van der Waals surface area (Å²) in [6.07, 6.45) is 0. The third-order valence-corrected chi connectivity index (χ3v) is 10.8. The minimum absolute atomic E-state index is 0.222. The second kappa shape index (κ2) is 16.8. The number of nitrogens with zero attached hydrogens (tertiary/aromatic N) is 2. The zero-order valence-corrected chi connectivity index (χ0v) is 23.9. The van der Waals surface area contributed by atoms with Crippen molar-refractivity contribution in [1.29, 1.82) is 0 Å². The number of hydrogen-bond donors (Lipinski definition) is 0. The third-order valence-electron chi connectivity index (χ3n) is 3.27. The van der Waals surface area contributed by atoms with Crippen LogP contribution < -0.4 is 4.52 Å². The molecule has 0 aromatic carbocycles. The van der Waals surface area contributed by atoms with Gasteiger partial charge >= 0.3 is 13.5 Å². The van der Waals surface area contributed by atoms with E-state index in [9.17, 15) is 4.57 Å². The molecule has 182 valence electrons. The molecule has 0 saturated heterocycles. The van der Waals surface area contributed by atoms with Crippen LogP contribution >= 0.6 is 36.7 Å². The molecule has 0 amide bonds. The first-order valence-corrected chi connectivity index (χ1v) is 16.8. The van der Waals surface area contributed by atoms with Crippen molar-refractivity contribution in [3.8, 4) is 5.88 Å². The minimum atomic E-state index is -2.82. The molecule has 0 aliphatic carbocycles. The van der Waals surface area contributed by atoms with Gasteiger partial charge in [0.25, 0.3) is 0 Å². The van der Waals surface area contributed by atoms with Gasteiger partial charge in [-0.05, 0) is 37.9 Å². The molecule has 1 heterocycles. The summed E-state index contributed by atoms with van der Waals surface area (Å²) in [7, 11) is 2.81. The van der Waals surface area contributed by atoms with Crippen molar-refractivity contribution >= 4 is 48.5 Å². The van der Waals surface area contributed by atoms with Gasteiger partial charge < -0.3 is 13.6 Å². The molecular formula is C18H36N2O6P2S3. The number of aromatic nitrogens is 2. The smallest absolute Gasteiger partial charge is 0.388 e. The summed E-state index contributed by atoms with van der Waals surface area (Å²) in [5, 5.41) is 0. The van der Waals surface area contributed by atoms with Gasteiger partial charge in [-0.1, -0.05) is 20.8 Å². The minimum Gasteiger partial charge on any atom is -0.406 e. The van der Waals surface area contributed by atoms with E-state index in [0.717, 1.165) is 28.8 Å². The Morgan fingerprint density at radius 2 is 1.65 bits per heavy atom. The lowest BCUT2D eigenvalue weighted by Crippen LogP contribution is -2.06. The summed E-state index contributed by atoms with van der Waals surface area (Å²) < 4.78 is 37.5. The zero-order chi connectivity index (χ0) is 23.9. The van der Waals surface area contributed by atoms with Crippen LogP contribution in [0.2, 0.25) is 0 Å². The Kier molecular flexibility index (Phi) is 17.0. The van der Waals surface area contributed by atoms with E-state index in [-0.39, 0.29) is 5.92 Å². The van der Waals surface area contributed by atoms with Gasteiger partial charge in [-0.15, -0.1) is 0 Å². The van der Waals surface area contributed by atoms with Gasteiger partial charge in [0.2, 0.25) is 5.88 Å². The molecule has 31 heavy (non-hydrogen) atoms. The maximum absolute atomic E-state index is 11.4. The van der Waals surface area contributed by atoms with E-state index in [2.05, 4.69) is 16.9 Å². The van der Waals surface area contributed by atoms with E-state index < -0.39 is 13.5 Å². The van der Waals surface area contributed by atoms with E-state index in [1.807, 2.05) is 46.4 Å². The van der Waals surface area contributed by atoms with Crippen molar-refractivity contribution in [2.75, 3.05) is 44.7 Å². The monoisotopic (exact) mass is 534 g/mol. The number of hydrogen-bond acceptors (Lipinski definition) is 11. The van der Waals surface area contributed by atoms with Crippen LogP contribution in [-0.4, -0.2) is 54.7 Å². The second-order valence-corrected chi connectivity index (χ2v) is 14.8. The molecule has 1 aromatic rings. The van der Waals surface area contributed by atoms with Gasteiger partial charge in [0.05, 0.1) is 13.2 Å². The molecule has 0 radical (unpaired) electrons. The Balaban J connectivity index is 0.000000649. The van der Waals surface area contributed by atoms with Gasteiger partial charge in [0.15, 0.2) is 0 Å². The summed E-state index contributed by atoms with van der Waals surface area (Å²) in [5.41, 5.74) is 0.836. The highest BCUT2D eigenvalue weighted by molar-refractivity contribution is 8.55. The SMILES string of the molecule is CCOP(=S)(OCC)Oc1cc(C)nc(C(C)C)n1.CCSCCSP(=O)(OC)OC. The van der Waals surface area contributed by atoms with Gasteiger partial charge in [0.1, 0.15) is 5.82 Å². The highest BCUT2D eigenvalue weighted by atomic mass is 32.7. The molecule has 0 aliphatic rings. The standard InChI is InChI=1S/C12H21N2O3PS.C6H15O3PS2/c1-6-15-18(19,16-7-2)17-11-8-10(5)13-12(14-11)9(3)4;1-4-11-5-6-12-10(7,8-2)9-3/h8-9H,6-7H2,1-5H3;4-6H2,1-3H3. The summed E-state index contributed by atoms with van der Waals surface area (Å²) >= 11 is 8.39. The van der Waals surface area contributed by atoms with Crippen LogP contribution in [0.1, 0.15) is 52.1 Å². The zero-order valence-electron chi connectivity index (χ0n) is 19.7. The molecule has 13 heteroatoms. The van der Waals surface area contributed by atoms with E-state index in [4.69, 9.17) is 34.4 Å². The van der Waals surface area contributed by atoms with E-state index >= 15 is 0 Å². The van der Waals surface area contributed by atoms with Crippen molar-refractivity contribution in [3.05, 3.63) is 17.6 Å². The van der Waals surface area contributed by atoms with Crippen molar-refractivity contribution < 1.29 is 27.2 Å². The predicted octanol–water partition coefficient (Wildman–Crippen LogP) is 6.46. The van der Waals surface area contributed by atoms with Gasteiger partial charge in [-0.25, -0.2) is 9.55 Å². The molecule has 0 unspecified atom stereocenters. The normalized spacial score (nSPS) is 11.9. The molecule has 0 fully saturated rings. The van der Waals surface area contributed by atoms with Gasteiger partial charge in [-0.3, -0.25) is 9.05 Å². The first-order valence-electron chi connectivity index (χ1n) is 9.96. The molecule has 0 atom stereocenters.